The van der Waals surface area contributed by atoms with Crippen LogP contribution in [0, 0.1) is 0 Å². The third-order valence-electron chi connectivity index (χ3n) is 6.45. The molecule has 0 N–H and O–H groups in total. The number of hydrogen-bond acceptors (Lipinski definition) is 3. The van der Waals surface area contributed by atoms with Gasteiger partial charge in [-0.05, 0) is 17.2 Å². The molecule has 3 heterocycles. The summed E-state index contributed by atoms with van der Waals surface area (Å²) in [5.74, 6) is 0.00941. The third-order valence-corrected chi connectivity index (χ3v) is 6.45. The van der Waals surface area contributed by atoms with Crippen LogP contribution in [0.4, 0.5) is 13.2 Å². The molecule has 0 unspecified atom stereocenters. The van der Waals surface area contributed by atoms with E-state index >= 15 is 0 Å². The van der Waals surface area contributed by atoms with Crippen LogP contribution < -0.4 is 0 Å². The number of halogens is 3. The predicted molar refractivity (Wildman–Crippen MR) is 99.6 cm³/mol. The van der Waals surface area contributed by atoms with E-state index in [1.807, 2.05) is 40.1 Å². The maximum atomic E-state index is 13.4. The van der Waals surface area contributed by atoms with Gasteiger partial charge in [0.25, 0.3) is 0 Å². The van der Waals surface area contributed by atoms with Crippen molar-refractivity contribution in [1.29, 1.82) is 0 Å². The number of alkyl halides is 3. The molecule has 3 aliphatic rings. The number of carbonyl (C=O) groups excluding carboxylic acids is 1. The van der Waals surface area contributed by atoms with Crippen LogP contribution in [0.5, 0.6) is 0 Å². The van der Waals surface area contributed by atoms with Gasteiger partial charge in [0.15, 0.2) is 5.72 Å². The summed E-state index contributed by atoms with van der Waals surface area (Å²) in [4.78, 5) is 16.7. The number of amides is 1. The average molecular weight is 402 g/mol. The lowest BCUT2D eigenvalue weighted by atomic mass is 10.0. The SMILES string of the molecule is O=C1C[C@H]2N(Cc3ccccc3C(F)(F)F)CC[C@]23OC[C@@H](c2ccccc2)N13. The van der Waals surface area contributed by atoms with Crippen LogP contribution in [0.2, 0.25) is 0 Å². The molecule has 0 aromatic heterocycles. The molecule has 1 spiro atoms. The second kappa shape index (κ2) is 6.57. The lowest BCUT2D eigenvalue weighted by molar-refractivity contribution is -0.139. The second-order valence-electron chi connectivity index (χ2n) is 7.94. The van der Waals surface area contributed by atoms with Crippen LogP contribution in [0.3, 0.4) is 0 Å². The van der Waals surface area contributed by atoms with E-state index in [1.54, 1.807) is 6.07 Å². The number of rotatable bonds is 3. The van der Waals surface area contributed by atoms with E-state index in [1.165, 1.54) is 12.1 Å². The Bertz CT molecular complexity index is 933. The van der Waals surface area contributed by atoms with E-state index in [9.17, 15) is 18.0 Å². The summed E-state index contributed by atoms with van der Waals surface area (Å²) in [6, 6.07) is 15.1. The third kappa shape index (κ3) is 2.87. The summed E-state index contributed by atoms with van der Waals surface area (Å²) < 4.78 is 46.4. The van der Waals surface area contributed by atoms with E-state index < -0.39 is 17.5 Å². The topological polar surface area (TPSA) is 32.8 Å². The minimum atomic E-state index is -4.40. The Hall–Kier alpha value is -2.38. The maximum absolute atomic E-state index is 13.4. The molecular weight excluding hydrogens is 381 g/mol. The molecule has 0 aliphatic carbocycles. The van der Waals surface area contributed by atoms with Crippen molar-refractivity contribution in [2.75, 3.05) is 13.2 Å². The van der Waals surface area contributed by atoms with E-state index in [0.29, 0.717) is 19.6 Å². The average Bonchev–Trinajstić information content (AvgIpc) is 3.32. The Balaban J connectivity index is 1.43. The number of hydrogen-bond donors (Lipinski definition) is 0. The molecule has 0 saturated carbocycles. The molecule has 4 nitrogen and oxygen atoms in total. The van der Waals surface area contributed by atoms with E-state index in [0.717, 1.165) is 11.6 Å². The normalized spacial score (nSPS) is 29.3. The molecule has 29 heavy (non-hydrogen) atoms. The summed E-state index contributed by atoms with van der Waals surface area (Å²) in [7, 11) is 0. The molecule has 7 heteroatoms. The van der Waals surface area contributed by atoms with Gasteiger partial charge in [-0.2, -0.15) is 13.2 Å². The summed E-state index contributed by atoms with van der Waals surface area (Å²) in [5.41, 5.74) is -0.0819. The van der Waals surface area contributed by atoms with Crippen LogP contribution in [-0.4, -0.2) is 40.6 Å². The van der Waals surface area contributed by atoms with Crippen molar-refractivity contribution < 1.29 is 22.7 Å². The van der Waals surface area contributed by atoms with Crippen LogP contribution >= 0.6 is 0 Å². The fraction of sp³-hybridized carbons (Fsp3) is 0.409. The Morgan fingerprint density at radius 2 is 1.79 bits per heavy atom. The van der Waals surface area contributed by atoms with Gasteiger partial charge in [-0.15, -0.1) is 0 Å². The quantitative estimate of drug-likeness (QED) is 0.779. The second-order valence-corrected chi connectivity index (χ2v) is 7.94. The highest BCUT2D eigenvalue weighted by atomic mass is 19.4. The van der Waals surface area contributed by atoms with Crippen molar-refractivity contribution in [3.05, 3.63) is 71.3 Å². The number of benzene rings is 2. The van der Waals surface area contributed by atoms with Crippen LogP contribution in [0.15, 0.2) is 54.6 Å². The van der Waals surface area contributed by atoms with Crippen LogP contribution in [0.25, 0.3) is 0 Å². The molecule has 2 aromatic carbocycles. The molecule has 3 fully saturated rings. The Morgan fingerprint density at radius 1 is 1.07 bits per heavy atom. The first kappa shape index (κ1) is 18.6. The molecule has 152 valence electrons. The predicted octanol–water partition coefficient (Wildman–Crippen LogP) is 3.98. The van der Waals surface area contributed by atoms with Crippen molar-refractivity contribution >= 4 is 5.91 Å². The maximum Gasteiger partial charge on any atom is 0.416 e. The van der Waals surface area contributed by atoms with E-state index in [2.05, 4.69) is 0 Å². The minimum absolute atomic E-state index is 0.00941. The summed E-state index contributed by atoms with van der Waals surface area (Å²) in [6.45, 7) is 1.17. The zero-order valence-corrected chi connectivity index (χ0v) is 15.7. The zero-order chi connectivity index (χ0) is 20.2. The van der Waals surface area contributed by atoms with Crippen molar-refractivity contribution in [3.8, 4) is 0 Å². The fourth-order valence-corrected chi connectivity index (χ4v) is 5.19. The van der Waals surface area contributed by atoms with Gasteiger partial charge >= 0.3 is 6.18 Å². The summed E-state index contributed by atoms with van der Waals surface area (Å²) in [5, 5.41) is 0. The number of carbonyl (C=O) groups is 1. The van der Waals surface area contributed by atoms with Gasteiger partial charge in [0, 0.05) is 25.9 Å². The van der Waals surface area contributed by atoms with Crippen LogP contribution in [0.1, 0.15) is 35.6 Å². The van der Waals surface area contributed by atoms with Gasteiger partial charge in [0.05, 0.1) is 24.3 Å². The van der Waals surface area contributed by atoms with Crippen LogP contribution in [-0.2, 0) is 22.3 Å². The molecule has 1 amide bonds. The van der Waals surface area contributed by atoms with Gasteiger partial charge in [-0.1, -0.05) is 48.5 Å². The number of nitrogens with zero attached hydrogens (tertiary/aromatic N) is 2. The Labute approximate surface area is 166 Å². The first-order valence-corrected chi connectivity index (χ1v) is 9.80. The smallest absolute Gasteiger partial charge is 0.351 e. The largest absolute Gasteiger partial charge is 0.416 e. The summed E-state index contributed by atoms with van der Waals surface area (Å²) in [6.07, 6.45) is -3.51. The first-order chi connectivity index (χ1) is 13.9. The Morgan fingerprint density at radius 3 is 2.55 bits per heavy atom. The van der Waals surface area contributed by atoms with Gasteiger partial charge in [-0.3, -0.25) is 9.69 Å². The molecule has 5 rings (SSSR count). The van der Waals surface area contributed by atoms with Gasteiger partial charge in [0.1, 0.15) is 0 Å². The van der Waals surface area contributed by atoms with Crippen molar-refractivity contribution in [2.24, 2.45) is 0 Å². The molecule has 2 aromatic rings. The molecular formula is C22H21F3N2O2. The Kier molecular flexibility index (Phi) is 4.22. The lowest BCUT2D eigenvalue weighted by Crippen LogP contribution is -2.48. The summed E-state index contributed by atoms with van der Waals surface area (Å²) >= 11 is 0. The zero-order valence-electron chi connectivity index (χ0n) is 15.7. The highest BCUT2D eigenvalue weighted by Gasteiger charge is 2.64. The molecule has 0 bridgehead atoms. The number of ether oxygens (including phenoxy) is 1. The highest BCUT2D eigenvalue weighted by Crippen LogP contribution is 2.52. The molecule has 0 radical (unpaired) electrons. The molecule has 3 saturated heterocycles. The standard InChI is InChI=1S/C22H21F3N2O2/c23-22(24,25)17-9-5-4-8-16(17)13-26-11-10-21-19(26)12-20(28)27(21)18(14-29-21)15-6-2-1-3-7-15/h1-9,18-19H,10-14H2/t18-,19+,21-/m0/s1. The van der Waals surface area contributed by atoms with Crippen molar-refractivity contribution in [1.82, 2.24) is 9.80 Å². The van der Waals surface area contributed by atoms with Crippen molar-refractivity contribution in [3.63, 3.8) is 0 Å². The van der Waals surface area contributed by atoms with Gasteiger partial charge in [0.2, 0.25) is 5.91 Å². The lowest BCUT2D eigenvalue weighted by Gasteiger charge is -2.33. The number of likely N-dealkylation sites (tertiary alicyclic amines) is 1. The molecule has 3 aliphatic heterocycles. The first-order valence-electron chi connectivity index (χ1n) is 9.80. The van der Waals surface area contributed by atoms with E-state index in [-0.39, 0.29) is 36.5 Å². The molecule has 3 atom stereocenters. The highest BCUT2D eigenvalue weighted by molar-refractivity contribution is 5.82. The van der Waals surface area contributed by atoms with Gasteiger partial charge in [-0.25, -0.2) is 0 Å². The minimum Gasteiger partial charge on any atom is -0.351 e. The monoisotopic (exact) mass is 402 g/mol. The van der Waals surface area contributed by atoms with Gasteiger partial charge < -0.3 is 9.64 Å². The van der Waals surface area contributed by atoms with E-state index in [4.69, 9.17) is 4.74 Å². The van der Waals surface area contributed by atoms with Crippen molar-refractivity contribution in [2.45, 2.75) is 43.4 Å². The fourth-order valence-electron chi connectivity index (χ4n) is 5.19.